The molecule has 38 heavy (non-hydrogen) atoms. The van der Waals surface area contributed by atoms with E-state index in [-0.39, 0.29) is 34.0 Å². The molecule has 0 unspecified atom stereocenters. The Morgan fingerprint density at radius 3 is 2.53 bits per heavy atom. The number of hydrogen-bond donors (Lipinski definition) is 1. The molecule has 7 nitrogen and oxygen atoms in total. The Hall–Kier alpha value is -3.89. The molecular weight excluding hydrogens is 506 g/mol. The van der Waals surface area contributed by atoms with E-state index in [0.717, 1.165) is 49.1 Å². The standard InChI is InChI=1S/C27H23F4N3O4/c28-19-11-16(25(35)36)14-32-24(19)34-9-7-26(8-10-34)12-17(13-26)21-22(33-38-23(21)15-5-6-15)18-3-1-2-4-20(18)37-27(29,30)31/h1-4,11-12,14-15H,5-10,13H2,(H,35,36). The number of hydrogen-bond acceptors (Lipinski definition) is 6. The monoisotopic (exact) mass is 529 g/mol. The fourth-order valence-corrected chi connectivity index (χ4v) is 5.44. The van der Waals surface area contributed by atoms with Gasteiger partial charge in [-0.15, -0.1) is 13.2 Å². The van der Waals surface area contributed by atoms with Crippen molar-refractivity contribution < 1.29 is 36.7 Å². The number of nitrogens with zero attached hydrogens (tertiary/aromatic N) is 3. The van der Waals surface area contributed by atoms with Crippen molar-refractivity contribution in [3.8, 4) is 17.0 Å². The van der Waals surface area contributed by atoms with Crippen LogP contribution in [0.2, 0.25) is 0 Å². The Kier molecular flexibility index (Phi) is 5.69. The zero-order chi connectivity index (χ0) is 26.7. The van der Waals surface area contributed by atoms with Crippen molar-refractivity contribution in [1.29, 1.82) is 0 Å². The molecule has 2 aromatic heterocycles. The first kappa shape index (κ1) is 24.4. The molecule has 6 rings (SSSR count). The zero-order valence-corrected chi connectivity index (χ0v) is 20.1. The number of allylic oxidation sites excluding steroid dienone is 2. The number of carboxylic acids is 1. The molecule has 0 amide bonds. The van der Waals surface area contributed by atoms with Gasteiger partial charge in [-0.1, -0.05) is 23.4 Å². The Morgan fingerprint density at radius 1 is 1.18 bits per heavy atom. The second kappa shape index (κ2) is 8.85. The molecule has 1 aliphatic heterocycles. The minimum absolute atomic E-state index is 0.124. The lowest BCUT2D eigenvalue weighted by Crippen LogP contribution is -2.43. The van der Waals surface area contributed by atoms with Crippen molar-refractivity contribution in [2.45, 2.75) is 44.4 Å². The van der Waals surface area contributed by atoms with Crippen molar-refractivity contribution in [2.75, 3.05) is 18.0 Å². The highest BCUT2D eigenvalue weighted by atomic mass is 19.4. The molecule has 0 atom stereocenters. The Labute approximate surface area is 214 Å². The van der Waals surface area contributed by atoms with Crippen LogP contribution in [0, 0.1) is 11.2 Å². The highest BCUT2D eigenvalue weighted by Crippen LogP contribution is 2.56. The molecule has 1 spiro atoms. The number of aromatic carboxylic acids is 1. The second-order valence-electron chi connectivity index (χ2n) is 10.1. The van der Waals surface area contributed by atoms with Crippen molar-refractivity contribution in [2.24, 2.45) is 5.41 Å². The summed E-state index contributed by atoms with van der Waals surface area (Å²) in [6, 6.07) is 6.90. The number of ether oxygens (including phenoxy) is 1. The van der Waals surface area contributed by atoms with E-state index in [4.69, 9.17) is 9.63 Å². The molecule has 1 saturated carbocycles. The van der Waals surface area contributed by atoms with Gasteiger partial charge in [-0.3, -0.25) is 0 Å². The first-order chi connectivity index (χ1) is 18.1. The summed E-state index contributed by atoms with van der Waals surface area (Å²) in [5.41, 5.74) is 1.96. The maximum absolute atomic E-state index is 14.5. The van der Waals surface area contributed by atoms with E-state index in [1.807, 2.05) is 4.90 Å². The van der Waals surface area contributed by atoms with Crippen molar-refractivity contribution >= 4 is 17.4 Å². The van der Waals surface area contributed by atoms with Gasteiger partial charge < -0.3 is 19.3 Å². The molecule has 2 aliphatic carbocycles. The molecule has 11 heteroatoms. The van der Waals surface area contributed by atoms with Crippen LogP contribution in [0.5, 0.6) is 5.75 Å². The summed E-state index contributed by atoms with van der Waals surface area (Å²) < 4.78 is 63.6. The molecule has 3 aromatic rings. The van der Waals surface area contributed by atoms with Crippen LogP contribution >= 0.6 is 0 Å². The number of anilines is 1. The van der Waals surface area contributed by atoms with Crippen LogP contribution in [0.15, 0.2) is 47.1 Å². The van der Waals surface area contributed by atoms with Gasteiger partial charge >= 0.3 is 12.3 Å². The highest BCUT2D eigenvalue weighted by Gasteiger charge is 2.44. The van der Waals surface area contributed by atoms with E-state index in [1.54, 1.807) is 12.1 Å². The second-order valence-corrected chi connectivity index (χ2v) is 10.1. The minimum Gasteiger partial charge on any atom is -0.478 e. The molecule has 1 aromatic carbocycles. The average Bonchev–Trinajstić information content (AvgIpc) is 3.61. The van der Waals surface area contributed by atoms with Crippen molar-refractivity contribution in [1.82, 2.24) is 10.1 Å². The molecule has 2 fully saturated rings. The Balaban J connectivity index is 1.25. The van der Waals surface area contributed by atoms with Gasteiger partial charge in [0.15, 0.2) is 11.6 Å². The molecule has 198 valence electrons. The highest BCUT2D eigenvalue weighted by molar-refractivity contribution is 5.87. The Morgan fingerprint density at radius 2 is 1.89 bits per heavy atom. The summed E-state index contributed by atoms with van der Waals surface area (Å²) in [5.74, 6) is -1.21. The van der Waals surface area contributed by atoms with E-state index in [2.05, 4.69) is 21.0 Å². The maximum Gasteiger partial charge on any atom is 0.573 e. The summed E-state index contributed by atoms with van der Waals surface area (Å²) in [6.45, 7) is 1.07. The number of pyridine rings is 1. The van der Waals surface area contributed by atoms with Crippen LogP contribution in [0.1, 0.15) is 59.7 Å². The normalized spacial score (nSPS) is 18.7. The van der Waals surface area contributed by atoms with Crippen LogP contribution in [0.3, 0.4) is 0 Å². The smallest absolute Gasteiger partial charge is 0.478 e. The molecule has 3 aliphatic rings. The summed E-state index contributed by atoms with van der Waals surface area (Å²) in [4.78, 5) is 16.9. The number of rotatable bonds is 6. The number of carbonyl (C=O) groups is 1. The van der Waals surface area contributed by atoms with Gasteiger partial charge in [0, 0.05) is 36.3 Å². The SMILES string of the molecule is O=C(O)c1cnc(N2CCC3(C=C(c4c(-c5ccccc5OC(F)(F)F)noc4C4CC4)C3)CC2)c(F)c1. The average molecular weight is 529 g/mol. The first-order valence-corrected chi connectivity index (χ1v) is 12.3. The lowest BCUT2D eigenvalue weighted by Gasteiger charge is -2.46. The predicted molar refractivity (Wildman–Crippen MR) is 128 cm³/mol. The number of piperidine rings is 1. The van der Waals surface area contributed by atoms with E-state index in [9.17, 15) is 22.4 Å². The van der Waals surface area contributed by atoms with Crippen LogP contribution in [0.25, 0.3) is 16.8 Å². The quantitative estimate of drug-likeness (QED) is 0.369. The number of para-hydroxylation sites is 1. The molecule has 0 bridgehead atoms. The lowest BCUT2D eigenvalue weighted by molar-refractivity contribution is -0.274. The van der Waals surface area contributed by atoms with Gasteiger partial charge in [0.2, 0.25) is 0 Å². The fourth-order valence-electron chi connectivity index (χ4n) is 5.44. The third-order valence-corrected chi connectivity index (χ3v) is 7.51. The minimum atomic E-state index is -4.84. The van der Waals surface area contributed by atoms with Crippen molar-refractivity contribution in [3.63, 3.8) is 0 Å². The summed E-state index contributed by atoms with van der Waals surface area (Å²) >= 11 is 0. The maximum atomic E-state index is 14.5. The number of alkyl halides is 3. The van der Waals surface area contributed by atoms with Crippen LogP contribution in [0.4, 0.5) is 23.4 Å². The van der Waals surface area contributed by atoms with Crippen LogP contribution in [-0.4, -0.2) is 40.7 Å². The van der Waals surface area contributed by atoms with Gasteiger partial charge in [-0.2, -0.15) is 0 Å². The van der Waals surface area contributed by atoms with E-state index < -0.39 is 18.1 Å². The van der Waals surface area contributed by atoms with Gasteiger partial charge in [0.1, 0.15) is 17.2 Å². The zero-order valence-electron chi connectivity index (χ0n) is 20.1. The predicted octanol–water partition coefficient (Wildman–Crippen LogP) is 6.42. The number of aromatic nitrogens is 2. The Bertz CT molecular complexity index is 1440. The van der Waals surface area contributed by atoms with Gasteiger partial charge in [0.05, 0.1) is 5.56 Å². The molecular formula is C27H23F4N3O4. The van der Waals surface area contributed by atoms with Gasteiger partial charge in [-0.05, 0) is 61.3 Å². The van der Waals surface area contributed by atoms with Crippen LogP contribution in [-0.2, 0) is 0 Å². The molecule has 3 heterocycles. The largest absolute Gasteiger partial charge is 0.573 e. The van der Waals surface area contributed by atoms with Gasteiger partial charge in [0.25, 0.3) is 0 Å². The molecule has 0 radical (unpaired) electrons. The van der Waals surface area contributed by atoms with Gasteiger partial charge in [-0.25, -0.2) is 14.2 Å². The molecule has 1 saturated heterocycles. The molecule has 1 N–H and O–H groups in total. The topological polar surface area (TPSA) is 88.7 Å². The number of carboxylic acid groups (broad SMARTS) is 1. The first-order valence-electron chi connectivity index (χ1n) is 12.3. The van der Waals surface area contributed by atoms with E-state index >= 15 is 0 Å². The number of benzene rings is 1. The fraction of sp³-hybridized carbons (Fsp3) is 0.370. The third kappa shape index (κ3) is 4.50. The summed E-state index contributed by atoms with van der Waals surface area (Å²) in [7, 11) is 0. The third-order valence-electron chi connectivity index (χ3n) is 7.51. The van der Waals surface area contributed by atoms with Crippen LogP contribution < -0.4 is 9.64 Å². The summed E-state index contributed by atoms with van der Waals surface area (Å²) in [6.07, 6.45) is 2.50. The van der Waals surface area contributed by atoms with E-state index in [0.29, 0.717) is 31.0 Å². The number of halogens is 4. The van der Waals surface area contributed by atoms with Crippen molar-refractivity contribution in [3.05, 3.63) is 65.3 Å². The summed E-state index contributed by atoms with van der Waals surface area (Å²) in [5, 5.41) is 13.2. The van der Waals surface area contributed by atoms with E-state index in [1.165, 1.54) is 12.1 Å². The lowest BCUT2D eigenvalue weighted by atomic mass is 9.63.